The highest BCUT2D eigenvalue weighted by Crippen LogP contribution is 2.41. The van der Waals surface area contributed by atoms with Gasteiger partial charge in [0.2, 0.25) is 5.88 Å². The van der Waals surface area contributed by atoms with Gasteiger partial charge in [-0.15, -0.1) is 0 Å². The molecule has 3 aromatic heterocycles. The molecule has 1 aliphatic rings. The molecule has 0 radical (unpaired) electrons. The number of halogens is 1. The predicted molar refractivity (Wildman–Crippen MR) is 122 cm³/mol. The number of alkyl halides is 1. The molecule has 8 nitrogen and oxygen atoms in total. The Labute approximate surface area is 177 Å². The molecule has 1 aliphatic heterocycles. The van der Waals surface area contributed by atoms with Gasteiger partial charge in [-0.05, 0) is 25.0 Å². The fourth-order valence-electron chi connectivity index (χ4n) is 3.60. The van der Waals surface area contributed by atoms with Crippen molar-refractivity contribution in [3.05, 3.63) is 41.9 Å². The van der Waals surface area contributed by atoms with Crippen molar-refractivity contribution in [1.29, 1.82) is 0 Å². The lowest BCUT2D eigenvalue weighted by Gasteiger charge is -2.33. The summed E-state index contributed by atoms with van der Waals surface area (Å²) in [6, 6.07) is 3.40. The van der Waals surface area contributed by atoms with Gasteiger partial charge in [-0.25, -0.2) is 4.39 Å². The first-order chi connectivity index (χ1) is 14.2. The minimum atomic E-state index is -1.76. The van der Waals surface area contributed by atoms with Crippen LogP contribution in [0, 0.1) is 0 Å². The first kappa shape index (κ1) is 20.9. The SMILES string of the molecule is Nc1oc2cc(C(F)(P)P)cnc2c1C(=O)Nc1cnccc1N1CCCC(N)C1. The molecule has 3 unspecified atom stereocenters. The van der Waals surface area contributed by atoms with E-state index in [4.69, 9.17) is 15.9 Å². The van der Waals surface area contributed by atoms with Gasteiger partial charge in [0, 0.05) is 37.1 Å². The van der Waals surface area contributed by atoms with Gasteiger partial charge in [0.15, 0.2) is 10.7 Å². The van der Waals surface area contributed by atoms with Crippen LogP contribution in [0.25, 0.3) is 11.1 Å². The number of pyridine rings is 2. The Bertz CT molecular complexity index is 1100. The second-order valence-corrected chi connectivity index (χ2v) is 9.72. The zero-order valence-electron chi connectivity index (χ0n) is 16.1. The number of amides is 1. The van der Waals surface area contributed by atoms with Gasteiger partial charge in [0.05, 0.1) is 17.6 Å². The molecule has 1 amide bonds. The number of fused-ring (bicyclic) bond motifs is 1. The number of rotatable bonds is 4. The molecule has 0 aromatic carbocycles. The van der Waals surface area contributed by atoms with Gasteiger partial charge in [-0.1, -0.05) is 18.5 Å². The van der Waals surface area contributed by atoms with Crippen molar-refractivity contribution in [2.24, 2.45) is 5.73 Å². The number of hydrogen-bond donors (Lipinski definition) is 3. The third-order valence-electron chi connectivity index (χ3n) is 5.07. The third kappa shape index (κ3) is 4.10. The van der Waals surface area contributed by atoms with Gasteiger partial charge < -0.3 is 26.1 Å². The molecule has 0 aliphatic carbocycles. The summed E-state index contributed by atoms with van der Waals surface area (Å²) in [5.74, 6) is -0.570. The summed E-state index contributed by atoms with van der Waals surface area (Å²) >= 11 is 0. The average molecular weight is 448 g/mol. The van der Waals surface area contributed by atoms with E-state index in [1.54, 1.807) is 12.4 Å². The summed E-state index contributed by atoms with van der Waals surface area (Å²) in [6.45, 7) is 1.54. The van der Waals surface area contributed by atoms with Crippen LogP contribution >= 0.6 is 18.5 Å². The van der Waals surface area contributed by atoms with E-state index in [0.29, 0.717) is 12.2 Å². The molecule has 4 rings (SSSR count). The van der Waals surface area contributed by atoms with Crippen LogP contribution in [0.2, 0.25) is 0 Å². The Morgan fingerprint density at radius 1 is 1.40 bits per heavy atom. The van der Waals surface area contributed by atoms with Crippen LogP contribution in [0.15, 0.2) is 35.1 Å². The number of furan rings is 1. The topological polar surface area (TPSA) is 123 Å². The van der Waals surface area contributed by atoms with Crippen molar-refractivity contribution in [3.63, 3.8) is 0 Å². The van der Waals surface area contributed by atoms with E-state index in [2.05, 4.69) is 38.7 Å². The van der Waals surface area contributed by atoms with E-state index in [0.717, 1.165) is 25.1 Å². The number of carbonyl (C=O) groups excluding carboxylic acids is 1. The van der Waals surface area contributed by atoms with Crippen LogP contribution in [0.1, 0.15) is 28.8 Å². The Morgan fingerprint density at radius 3 is 2.93 bits per heavy atom. The highest BCUT2D eigenvalue weighted by Gasteiger charge is 2.26. The number of hydrogen-bond acceptors (Lipinski definition) is 7. The number of aromatic nitrogens is 2. The molecular formula is C19H23FN6O2P2. The van der Waals surface area contributed by atoms with Crippen LogP contribution in [0.3, 0.4) is 0 Å². The van der Waals surface area contributed by atoms with Crippen LogP contribution in [0.4, 0.5) is 21.6 Å². The molecule has 0 bridgehead atoms. The second kappa shape index (κ2) is 8.06. The fourth-order valence-corrected chi connectivity index (χ4v) is 3.91. The Morgan fingerprint density at radius 2 is 2.20 bits per heavy atom. The number of piperidine rings is 1. The van der Waals surface area contributed by atoms with Gasteiger partial charge in [0.25, 0.3) is 5.91 Å². The summed E-state index contributed by atoms with van der Waals surface area (Å²) < 4.78 is 19.6. The first-order valence-electron chi connectivity index (χ1n) is 9.45. The molecule has 11 heteroatoms. The molecule has 30 heavy (non-hydrogen) atoms. The summed E-state index contributed by atoms with van der Waals surface area (Å²) in [5, 5.41) is 1.10. The monoisotopic (exact) mass is 448 g/mol. The highest BCUT2D eigenvalue weighted by atomic mass is 31.1. The number of nitrogens with one attached hydrogen (secondary N) is 1. The molecule has 0 saturated carbocycles. The number of nitrogen functional groups attached to an aromatic ring is 1. The van der Waals surface area contributed by atoms with Crippen molar-refractivity contribution in [2.75, 3.05) is 29.0 Å². The minimum absolute atomic E-state index is 0.0819. The summed E-state index contributed by atoms with van der Waals surface area (Å²) in [6.07, 6.45) is 6.55. The van der Waals surface area contributed by atoms with Gasteiger partial charge >= 0.3 is 0 Å². The van der Waals surface area contributed by atoms with Crippen molar-refractivity contribution >= 4 is 52.7 Å². The maximum absolute atomic E-state index is 14.2. The maximum atomic E-state index is 14.2. The van der Waals surface area contributed by atoms with E-state index < -0.39 is 11.1 Å². The molecule has 4 heterocycles. The summed E-state index contributed by atoms with van der Waals surface area (Å²) in [5.41, 5.74) is 14.3. The fraction of sp³-hybridized carbons (Fsp3) is 0.316. The smallest absolute Gasteiger partial charge is 0.263 e. The molecule has 5 N–H and O–H groups in total. The molecule has 1 fully saturated rings. The first-order valence-corrected chi connectivity index (χ1v) is 10.6. The number of nitrogens with zero attached hydrogens (tertiary/aromatic N) is 3. The zero-order valence-corrected chi connectivity index (χ0v) is 18.4. The standard InChI is InChI=1S/C19H23FN6O2P2/c20-19(29,30)10-6-14-16(24-7-10)15(17(22)28-14)18(27)25-12-8-23-4-3-13(12)26-5-1-2-11(21)9-26/h3-4,6-8,11H,1-2,5,9,21-22,29-30H2,(H,25,27). The van der Waals surface area contributed by atoms with Gasteiger partial charge in [-0.2, -0.15) is 0 Å². The highest BCUT2D eigenvalue weighted by molar-refractivity contribution is 7.38. The largest absolute Gasteiger partial charge is 0.438 e. The summed E-state index contributed by atoms with van der Waals surface area (Å²) in [7, 11) is 4.12. The number of nitrogens with two attached hydrogens (primary N) is 2. The molecule has 1 saturated heterocycles. The lowest BCUT2D eigenvalue weighted by molar-refractivity contribution is 0.102. The van der Waals surface area contributed by atoms with E-state index in [1.165, 1.54) is 12.3 Å². The van der Waals surface area contributed by atoms with E-state index in [-0.39, 0.29) is 34.2 Å². The van der Waals surface area contributed by atoms with Gasteiger partial charge in [0.1, 0.15) is 11.1 Å². The normalized spacial score (nSPS) is 17.3. The second-order valence-electron chi connectivity index (χ2n) is 7.38. The summed E-state index contributed by atoms with van der Waals surface area (Å²) in [4.78, 5) is 23.5. The minimum Gasteiger partial charge on any atom is -0.438 e. The van der Waals surface area contributed by atoms with E-state index >= 15 is 0 Å². The van der Waals surface area contributed by atoms with Crippen LogP contribution in [0.5, 0.6) is 0 Å². The Hall–Kier alpha value is -2.34. The molecule has 158 valence electrons. The number of carbonyl (C=O) groups is 1. The van der Waals surface area contributed by atoms with Crippen molar-refractivity contribution in [1.82, 2.24) is 9.97 Å². The quantitative estimate of drug-likeness (QED) is 0.525. The van der Waals surface area contributed by atoms with Gasteiger partial charge in [-0.3, -0.25) is 14.8 Å². The van der Waals surface area contributed by atoms with E-state index in [9.17, 15) is 9.18 Å². The lowest BCUT2D eigenvalue weighted by atomic mass is 10.1. The van der Waals surface area contributed by atoms with Crippen molar-refractivity contribution in [3.8, 4) is 0 Å². The Kier molecular flexibility index (Phi) is 5.62. The van der Waals surface area contributed by atoms with Crippen LogP contribution < -0.4 is 21.7 Å². The third-order valence-corrected chi connectivity index (χ3v) is 5.74. The number of anilines is 3. The molecule has 3 atom stereocenters. The lowest BCUT2D eigenvalue weighted by Crippen LogP contribution is -2.43. The molecular weight excluding hydrogens is 425 g/mol. The predicted octanol–water partition coefficient (Wildman–Crippen LogP) is 2.81. The molecule has 3 aromatic rings. The van der Waals surface area contributed by atoms with Crippen LogP contribution in [-0.4, -0.2) is 35.0 Å². The molecule has 0 spiro atoms. The average Bonchev–Trinajstić information content (AvgIpc) is 3.02. The maximum Gasteiger partial charge on any atom is 0.263 e. The zero-order chi connectivity index (χ0) is 21.5. The van der Waals surface area contributed by atoms with Crippen molar-refractivity contribution < 1.29 is 13.6 Å². The van der Waals surface area contributed by atoms with Crippen LogP contribution in [-0.2, 0) is 5.15 Å². The Balaban J connectivity index is 1.65. The van der Waals surface area contributed by atoms with Crippen molar-refractivity contribution in [2.45, 2.75) is 24.0 Å². The van der Waals surface area contributed by atoms with E-state index in [1.807, 2.05) is 6.07 Å².